The van der Waals surface area contributed by atoms with Crippen LogP contribution in [0.5, 0.6) is 0 Å². The topological polar surface area (TPSA) is 75.8 Å². The van der Waals surface area contributed by atoms with E-state index in [-0.39, 0.29) is 28.3 Å². The molecule has 4 rings (SSSR count). The molecule has 6 nitrogen and oxygen atoms in total. The maximum absolute atomic E-state index is 14.5. The van der Waals surface area contributed by atoms with Gasteiger partial charge in [0.2, 0.25) is 0 Å². The van der Waals surface area contributed by atoms with Gasteiger partial charge in [-0.3, -0.25) is 19.8 Å². The molecule has 7 heteroatoms. The highest BCUT2D eigenvalue weighted by Gasteiger charge is 2.34. The normalized spacial score (nSPS) is 14.9. The van der Waals surface area contributed by atoms with Crippen LogP contribution in [0.4, 0.5) is 15.8 Å². The summed E-state index contributed by atoms with van der Waals surface area (Å²) in [5.74, 6) is -0.879. The number of aliphatic imine (C=N–C) groups is 1. The highest BCUT2D eigenvalue weighted by atomic mass is 19.1. The largest absolute Gasteiger partial charge is 0.282 e. The van der Waals surface area contributed by atoms with Gasteiger partial charge in [0.15, 0.2) is 5.84 Å². The highest BCUT2D eigenvalue weighted by Crippen LogP contribution is 2.30. The fourth-order valence-electron chi connectivity index (χ4n) is 3.20. The lowest BCUT2D eigenvalue weighted by atomic mass is 10.1. The third kappa shape index (κ3) is 3.48. The molecule has 0 saturated carbocycles. The molecule has 3 aromatic rings. The van der Waals surface area contributed by atoms with Crippen molar-refractivity contribution in [2.24, 2.45) is 4.99 Å². The van der Waals surface area contributed by atoms with Crippen molar-refractivity contribution in [2.75, 3.05) is 4.90 Å². The van der Waals surface area contributed by atoms with Crippen molar-refractivity contribution in [3.63, 3.8) is 0 Å². The summed E-state index contributed by atoms with van der Waals surface area (Å²) in [5.41, 5.74) is 1.78. The Balaban J connectivity index is 1.88. The molecule has 1 heterocycles. The lowest BCUT2D eigenvalue weighted by Gasteiger charge is -2.19. The second-order valence-corrected chi connectivity index (χ2v) is 6.74. The fourth-order valence-corrected chi connectivity index (χ4v) is 3.20. The number of nitro groups is 1. The summed E-state index contributed by atoms with van der Waals surface area (Å²) in [6, 6.07) is 19.3. The number of benzene rings is 3. The van der Waals surface area contributed by atoms with Gasteiger partial charge in [0.25, 0.3) is 11.6 Å². The average molecular weight is 401 g/mol. The van der Waals surface area contributed by atoms with Gasteiger partial charge < -0.3 is 0 Å². The van der Waals surface area contributed by atoms with Crippen LogP contribution < -0.4 is 4.90 Å². The van der Waals surface area contributed by atoms with Crippen LogP contribution >= 0.6 is 0 Å². The number of carbonyl (C=O) groups is 1. The average Bonchev–Trinajstić information content (AvgIpc) is 3.05. The first-order valence-corrected chi connectivity index (χ1v) is 9.15. The number of hydrogen-bond acceptors (Lipinski definition) is 4. The molecule has 3 aromatic carbocycles. The number of aryl methyl sites for hydroxylation is 1. The van der Waals surface area contributed by atoms with Crippen LogP contribution in [0, 0.1) is 22.9 Å². The van der Waals surface area contributed by atoms with Gasteiger partial charge in [-0.1, -0.05) is 42.0 Å². The molecule has 0 unspecified atom stereocenters. The molecule has 0 N–H and O–H groups in total. The number of nitrogens with zero attached hydrogens (tertiary/aromatic N) is 3. The van der Waals surface area contributed by atoms with Crippen molar-refractivity contribution in [1.82, 2.24) is 0 Å². The third-order valence-electron chi connectivity index (χ3n) is 4.69. The molecular formula is C23H16FN3O3. The molecule has 0 bridgehead atoms. The van der Waals surface area contributed by atoms with E-state index in [0.29, 0.717) is 5.69 Å². The first-order chi connectivity index (χ1) is 14.5. The van der Waals surface area contributed by atoms with E-state index in [0.717, 1.165) is 5.56 Å². The maximum Gasteiger partial charge on any atom is 0.282 e. The van der Waals surface area contributed by atoms with E-state index in [1.54, 1.807) is 36.4 Å². The lowest BCUT2D eigenvalue weighted by molar-refractivity contribution is -0.385. The summed E-state index contributed by atoms with van der Waals surface area (Å²) in [6.45, 7) is 1.92. The van der Waals surface area contributed by atoms with Crippen molar-refractivity contribution >= 4 is 29.2 Å². The molecule has 0 saturated heterocycles. The molecule has 1 amide bonds. The second kappa shape index (κ2) is 7.71. The van der Waals surface area contributed by atoms with Crippen LogP contribution in [-0.2, 0) is 4.79 Å². The van der Waals surface area contributed by atoms with Gasteiger partial charge in [-0.25, -0.2) is 9.38 Å². The van der Waals surface area contributed by atoms with Crippen molar-refractivity contribution in [3.8, 4) is 0 Å². The first-order valence-electron chi connectivity index (χ1n) is 9.15. The van der Waals surface area contributed by atoms with E-state index in [2.05, 4.69) is 4.99 Å². The standard InChI is InChI=1S/C23H16FN3O3/c1-15-10-12-17(13-11-15)26-22(18-7-3-4-8-19(18)24)25-20(23(26)28)14-16-6-2-5-9-21(16)27(29)30/h2-14H,1H3/b20-14+. The summed E-state index contributed by atoms with van der Waals surface area (Å²) >= 11 is 0. The third-order valence-corrected chi connectivity index (χ3v) is 4.69. The Morgan fingerprint density at radius 1 is 1.00 bits per heavy atom. The Hall–Kier alpha value is -4.13. The van der Waals surface area contributed by atoms with E-state index in [4.69, 9.17) is 0 Å². The van der Waals surface area contributed by atoms with E-state index in [1.807, 2.05) is 19.1 Å². The molecule has 148 valence electrons. The number of amidine groups is 1. The Kier molecular flexibility index (Phi) is 4.93. The minimum atomic E-state index is -0.523. The Bertz CT molecular complexity index is 1220. The number of halogens is 1. The maximum atomic E-state index is 14.5. The minimum Gasteiger partial charge on any atom is -0.266 e. The Labute approximate surface area is 171 Å². The molecule has 0 atom stereocenters. The van der Waals surface area contributed by atoms with Gasteiger partial charge in [-0.15, -0.1) is 0 Å². The summed E-state index contributed by atoms with van der Waals surface area (Å²) < 4.78 is 14.5. The van der Waals surface area contributed by atoms with E-state index in [9.17, 15) is 19.3 Å². The number of anilines is 1. The van der Waals surface area contributed by atoms with Crippen molar-refractivity contribution in [1.29, 1.82) is 0 Å². The van der Waals surface area contributed by atoms with Crippen LogP contribution in [0.15, 0.2) is 83.5 Å². The SMILES string of the molecule is Cc1ccc(N2C(=O)/C(=C\c3ccccc3[N+](=O)[O-])N=C2c2ccccc2F)cc1. The number of rotatable bonds is 4. The van der Waals surface area contributed by atoms with Crippen molar-refractivity contribution < 1.29 is 14.1 Å². The van der Waals surface area contributed by atoms with Crippen LogP contribution in [0.1, 0.15) is 16.7 Å². The summed E-state index contributed by atoms with van der Waals surface area (Å²) in [4.78, 5) is 29.7. The fraction of sp³-hybridized carbons (Fsp3) is 0.0435. The summed E-state index contributed by atoms with van der Waals surface area (Å²) in [6.07, 6.45) is 1.36. The summed E-state index contributed by atoms with van der Waals surface area (Å²) in [7, 11) is 0. The summed E-state index contributed by atoms with van der Waals surface area (Å²) in [5, 5.41) is 11.3. The molecule has 0 aliphatic carbocycles. The monoisotopic (exact) mass is 401 g/mol. The molecule has 1 aliphatic rings. The molecule has 0 radical (unpaired) electrons. The molecule has 1 aliphatic heterocycles. The zero-order valence-corrected chi connectivity index (χ0v) is 15.9. The molecule has 0 fully saturated rings. The van der Waals surface area contributed by atoms with E-state index >= 15 is 0 Å². The predicted molar refractivity (Wildman–Crippen MR) is 113 cm³/mol. The number of para-hydroxylation sites is 1. The van der Waals surface area contributed by atoms with Gasteiger partial charge in [0.1, 0.15) is 11.5 Å². The number of hydrogen-bond donors (Lipinski definition) is 0. The smallest absolute Gasteiger partial charge is 0.266 e. The van der Waals surface area contributed by atoms with Gasteiger partial charge in [0, 0.05) is 6.07 Å². The zero-order valence-electron chi connectivity index (χ0n) is 15.9. The van der Waals surface area contributed by atoms with Crippen LogP contribution in [-0.4, -0.2) is 16.7 Å². The predicted octanol–water partition coefficient (Wildman–Crippen LogP) is 4.88. The second-order valence-electron chi connectivity index (χ2n) is 6.74. The van der Waals surface area contributed by atoms with Crippen LogP contribution in [0.2, 0.25) is 0 Å². The van der Waals surface area contributed by atoms with Gasteiger partial charge in [-0.2, -0.15) is 0 Å². The lowest BCUT2D eigenvalue weighted by Crippen LogP contribution is -2.33. The Morgan fingerprint density at radius 3 is 2.37 bits per heavy atom. The molecule has 0 spiro atoms. The van der Waals surface area contributed by atoms with Gasteiger partial charge in [0.05, 0.1) is 21.7 Å². The number of carbonyl (C=O) groups excluding carboxylic acids is 1. The molecule has 30 heavy (non-hydrogen) atoms. The van der Waals surface area contributed by atoms with Gasteiger partial charge in [-0.05, 0) is 43.3 Å². The zero-order chi connectivity index (χ0) is 21.3. The van der Waals surface area contributed by atoms with Crippen LogP contribution in [0.25, 0.3) is 6.08 Å². The number of nitro benzene ring substituents is 1. The van der Waals surface area contributed by atoms with Crippen LogP contribution in [0.3, 0.4) is 0 Å². The van der Waals surface area contributed by atoms with Gasteiger partial charge >= 0.3 is 0 Å². The van der Waals surface area contributed by atoms with Crippen molar-refractivity contribution in [2.45, 2.75) is 6.92 Å². The Morgan fingerprint density at radius 2 is 1.67 bits per heavy atom. The minimum absolute atomic E-state index is 0.0110. The van der Waals surface area contributed by atoms with Crippen molar-refractivity contribution in [3.05, 3.63) is 111 Å². The quantitative estimate of drug-likeness (QED) is 0.355. The van der Waals surface area contributed by atoms with E-state index < -0.39 is 16.6 Å². The number of amides is 1. The van der Waals surface area contributed by atoms with E-state index in [1.165, 1.54) is 35.2 Å². The molecular weight excluding hydrogens is 385 g/mol. The molecule has 0 aromatic heterocycles. The highest BCUT2D eigenvalue weighted by molar-refractivity contribution is 6.33. The first kappa shape index (κ1) is 19.2.